The van der Waals surface area contributed by atoms with Gasteiger partial charge in [-0.1, -0.05) is 74.6 Å². The predicted octanol–water partition coefficient (Wildman–Crippen LogP) is 8.69. The van der Waals surface area contributed by atoms with Gasteiger partial charge in [-0.2, -0.15) is 10.2 Å². The fraction of sp³-hybridized carbons (Fsp3) is 0.355. The summed E-state index contributed by atoms with van der Waals surface area (Å²) in [6.07, 6.45) is 12.2. The van der Waals surface area contributed by atoms with Gasteiger partial charge in [-0.25, -0.2) is 4.98 Å². The number of carbonyl (C=O) groups is 1. The predicted molar refractivity (Wildman–Crippen MR) is 165 cm³/mol. The molecule has 0 radical (unpaired) electrons. The third kappa shape index (κ3) is 13.6. The number of nitroso groups, excluding NO2 is 1. The van der Waals surface area contributed by atoms with Crippen molar-refractivity contribution in [3.8, 4) is 29.0 Å². The van der Waals surface area contributed by atoms with Crippen LogP contribution in [0, 0.1) is 16.2 Å². The SMILES string of the molecule is C=CC/C=C(C#N)\C=C/C(C)Oc1ccc(-c2noc3cc(Cl)c(OCC=O)cc23)cn1.CC.CCCC.CN=O. The van der Waals surface area contributed by atoms with Gasteiger partial charge in [0.2, 0.25) is 5.88 Å². The Morgan fingerprint density at radius 3 is 2.49 bits per heavy atom. The number of hydrogen-bond donors (Lipinski definition) is 0. The van der Waals surface area contributed by atoms with Crippen LogP contribution in [0.3, 0.4) is 0 Å². The summed E-state index contributed by atoms with van der Waals surface area (Å²) in [5.41, 5.74) is 2.30. The summed E-state index contributed by atoms with van der Waals surface area (Å²) in [6.45, 7) is 13.7. The number of carbonyl (C=O) groups excluding carboxylic acids is 1. The topological polar surface area (TPSA) is 128 Å². The van der Waals surface area contributed by atoms with E-state index in [9.17, 15) is 4.79 Å². The van der Waals surface area contributed by atoms with E-state index in [1.165, 1.54) is 19.9 Å². The summed E-state index contributed by atoms with van der Waals surface area (Å²) in [7, 11) is 1.19. The Bertz CT molecular complexity index is 1290. The molecule has 0 saturated heterocycles. The maximum atomic E-state index is 10.6. The second-order valence-corrected chi connectivity index (χ2v) is 8.24. The molecular formula is C31H39ClN4O5. The Morgan fingerprint density at radius 1 is 1.27 bits per heavy atom. The molecule has 1 unspecified atom stereocenters. The first kappa shape index (κ1) is 36.7. The highest BCUT2D eigenvalue weighted by atomic mass is 35.5. The number of halogens is 1. The van der Waals surface area contributed by atoms with Crippen molar-refractivity contribution in [3.05, 3.63) is 76.8 Å². The summed E-state index contributed by atoms with van der Waals surface area (Å²) >= 11 is 6.15. The fourth-order valence-electron chi connectivity index (χ4n) is 2.80. The van der Waals surface area contributed by atoms with E-state index in [1.54, 1.807) is 54.8 Å². The number of rotatable bonds is 11. The normalized spacial score (nSPS) is 10.9. The van der Waals surface area contributed by atoms with Gasteiger partial charge in [0.15, 0.2) is 11.9 Å². The minimum Gasteiger partial charge on any atom is -0.485 e. The maximum absolute atomic E-state index is 10.6. The van der Waals surface area contributed by atoms with Gasteiger partial charge in [-0.05, 0) is 37.6 Å². The van der Waals surface area contributed by atoms with Crippen LogP contribution in [0.4, 0.5) is 0 Å². The molecular weight excluding hydrogens is 544 g/mol. The van der Waals surface area contributed by atoms with Gasteiger partial charge in [-0.3, -0.25) is 4.79 Å². The molecule has 3 aromatic rings. The molecule has 41 heavy (non-hydrogen) atoms. The zero-order valence-electron chi connectivity index (χ0n) is 24.6. The van der Waals surface area contributed by atoms with Crippen molar-refractivity contribution in [1.29, 1.82) is 5.26 Å². The van der Waals surface area contributed by atoms with Crippen LogP contribution in [0.1, 0.15) is 53.9 Å². The smallest absolute Gasteiger partial charge is 0.213 e. The molecule has 0 N–H and O–H groups in total. The number of benzene rings is 1. The number of nitrogens with zero attached hydrogens (tertiary/aromatic N) is 4. The zero-order valence-corrected chi connectivity index (χ0v) is 25.4. The third-order valence-electron chi connectivity index (χ3n) is 4.83. The Kier molecular flexibility index (Phi) is 20.2. The standard InChI is InChI=1S/C24H20ClN3O4.C4H10.C2H6.CH3NO/c1-3-4-5-17(14-26)7-6-16(2)31-23-9-8-18(15-27-23)24-19-12-22(30-11-10-29)20(25)13-21(19)32-28-24;1-3-4-2;1-2;1-2-3/h3,5-10,12-13,15-16H,1,4,11H2,2H3;3-4H2,1-2H3;1-2H3;1H3/b7-6-,17-5+;;;. The van der Waals surface area contributed by atoms with Crippen molar-refractivity contribution < 1.29 is 18.8 Å². The first-order valence-corrected chi connectivity index (χ1v) is 13.7. The van der Waals surface area contributed by atoms with Crippen molar-refractivity contribution in [1.82, 2.24) is 10.1 Å². The third-order valence-corrected chi connectivity index (χ3v) is 5.12. The number of ether oxygens (including phenoxy) is 2. The molecule has 1 atom stereocenters. The van der Waals surface area contributed by atoms with Crippen molar-refractivity contribution in [2.24, 2.45) is 5.18 Å². The van der Waals surface area contributed by atoms with Gasteiger partial charge in [0.1, 0.15) is 24.2 Å². The molecule has 0 bridgehead atoms. The molecule has 3 rings (SSSR count). The van der Waals surface area contributed by atoms with Crippen molar-refractivity contribution in [3.63, 3.8) is 0 Å². The number of fused-ring (bicyclic) bond motifs is 1. The summed E-state index contributed by atoms with van der Waals surface area (Å²) in [5.74, 6) is 0.786. The number of unbranched alkanes of at least 4 members (excludes halogenated alkanes) is 1. The van der Waals surface area contributed by atoms with Crippen LogP contribution in [0.25, 0.3) is 22.2 Å². The number of nitriles is 1. The average molecular weight is 583 g/mol. The molecule has 0 saturated carbocycles. The molecule has 0 aliphatic carbocycles. The Labute approximate surface area is 247 Å². The monoisotopic (exact) mass is 582 g/mol. The van der Waals surface area contributed by atoms with E-state index in [2.05, 4.69) is 41.8 Å². The van der Waals surface area contributed by atoms with E-state index in [0.29, 0.717) is 57.2 Å². The van der Waals surface area contributed by atoms with Crippen molar-refractivity contribution in [2.75, 3.05) is 13.7 Å². The van der Waals surface area contributed by atoms with Crippen LogP contribution in [-0.4, -0.2) is 36.2 Å². The first-order chi connectivity index (χ1) is 19.9. The fourth-order valence-corrected chi connectivity index (χ4v) is 3.01. The molecule has 2 heterocycles. The number of aromatic nitrogens is 2. The summed E-state index contributed by atoms with van der Waals surface area (Å²) in [4.78, 5) is 23.5. The van der Waals surface area contributed by atoms with Crippen LogP contribution >= 0.6 is 11.6 Å². The minimum atomic E-state index is -0.290. The highest BCUT2D eigenvalue weighted by Crippen LogP contribution is 2.35. The van der Waals surface area contributed by atoms with Gasteiger partial charge in [0.05, 0.1) is 23.5 Å². The molecule has 0 aliphatic heterocycles. The molecule has 0 aliphatic rings. The van der Waals surface area contributed by atoms with Gasteiger partial charge >= 0.3 is 0 Å². The van der Waals surface area contributed by atoms with Gasteiger partial charge < -0.3 is 14.0 Å². The van der Waals surface area contributed by atoms with Crippen molar-refractivity contribution in [2.45, 2.75) is 60.0 Å². The number of aldehydes is 1. The van der Waals surface area contributed by atoms with Gasteiger partial charge in [-0.15, -0.1) is 6.58 Å². The molecule has 10 heteroatoms. The second-order valence-electron chi connectivity index (χ2n) is 7.83. The Balaban J connectivity index is 0.00000157. The first-order valence-electron chi connectivity index (χ1n) is 13.3. The molecule has 0 fully saturated rings. The van der Waals surface area contributed by atoms with Crippen LogP contribution in [-0.2, 0) is 4.79 Å². The summed E-state index contributed by atoms with van der Waals surface area (Å²) < 4.78 is 16.5. The molecule has 2 aromatic heterocycles. The lowest BCUT2D eigenvalue weighted by molar-refractivity contribution is -0.109. The highest BCUT2D eigenvalue weighted by molar-refractivity contribution is 6.32. The van der Waals surface area contributed by atoms with E-state index in [0.717, 1.165) is 0 Å². The van der Waals surface area contributed by atoms with E-state index >= 15 is 0 Å². The second kappa shape index (κ2) is 22.5. The largest absolute Gasteiger partial charge is 0.485 e. The summed E-state index contributed by atoms with van der Waals surface area (Å²) in [6, 6.07) is 8.91. The van der Waals surface area contributed by atoms with E-state index in [-0.39, 0.29) is 12.7 Å². The quantitative estimate of drug-likeness (QED) is 0.0721. The molecule has 0 spiro atoms. The minimum absolute atomic E-state index is 0.105. The molecule has 9 nitrogen and oxygen atoms in total. The lowest BCUT2D eigenvalue weighted by Crippen LogP contribution is -2.09. The van der Waals surface area contributed by atoms with Crippen LogP contribution in [0.2, 0.25) is 5.02 Å². The molecule has 0 amide bonds. The molecule has 220 valence electrons. The van der Waals surface area contributed by atoms with Gasteiger partial charge in [0, 0.05) is 29.5 Å². The number of pyridine rings is 1. The lowest BCUT2D eigenvalue weighted by Gasteiger charge is -2.10. The van der Waals surface area contributed by atoms with Crippen LogP contribution in [0.5, 0.6) is 11.6 Å². The number of allylic oxidation sites excluding steroid dienone is 4. The van der Waals surface area contributed by atoms with Crippen LogP contribution in [0.15, 0.2) is 76.6 Å². The molecule has 1 aromatic carbocycles. The highest BCUT2D eigenvalue weighted by Gasteiger charge is 2.15. The van der Waals surface area contributed by atoms with E-state index < -0.39 is 0 Å². The summed E-state index contributed by atoms with van der Waals surface area (Å²) in [5, 5.41) is 16.5. The van der Waals surface area contributed by atoms with Crippen LogP contribution < -0.4 is 9.47 Å². The average Bonchev–Trinajstić information content (AvgIpc) is 3.40. The maximum Gasteiger partial charge on any atom is 0.213 e. The number of hydrogen-bond acceptors (Lipinski definition) is 9. The Hall–Kier alpha value is -4.29. The van der Waals surface area contributed by atoms with Crippen molar-refractivity contribution >= 4 is 28.9 Å². The Morgan fingerprint density at radius 2 is 1.95 bits per heavy atom. The van der Waals surface area contributed by atoms with E-state index in [4.69, 9.17) is 35.8 Å². The van der Waals surface area contributed by atoms with E-state index in [1.807, 2.05) is 20.8 Å². The van der Waals surface area contributed by atoms with Gasteiger partial charge in [0.25, 0.3) is 0 Å². The zero-order chi connectivity index (χ0) is 31.0. The lowest BCUT2D eigenvalue weighted by atomic mass is 10.1.